The SMILES string of the molecule is Cc1nnc(NCC(c2cccnc2)N2CCOCC2)o1. The van der Waals surface area contributed by atoms with Gasteiger partial charge < -0.3 is 14.5 Å². The third-order valence-electron chi connectivity index (χ3n) is 3.53. The molecule has 1 fully saturated rings. The molecular formula is C14H19N5O2. The van der Waals surface area contributed by atoms with Crippen molar-refractivity contribution in [2.45, 2.75) is 13.0 Å². The highest BCUT2D eigenvalue weighted by atomic mass is 16.5. The lowest BCUT2D eigenvalue weighted by Gasteiger charge is -2.34. The van der Waals surface area contributed by atoms with E-state index in [0.717, 1.165) is 26.3 Å². The molecule has 0 aliphatic carbocycles. The Hall–Kier alpha value is -1.99. The fraction of sp³-hybridized carbons (Fsp3) is 0.500. The van der Waals surface area contributed by atoms with Crippen molar-refractivity contribution >= 4 is 6.01 Å². The van der Waals surface area contributed by atoms with E-state index in [9.17, 15) is 0 Å². The van der Waals surface area contributed by atoms with Crippen LogP contribution in [0.2, 0.25) is 0 Å². The largest absolute Gasteiger partial charge is 0.408 e. The number of nitrogens with one attached hydrogen (secondary N) is 1. The number of rotatable bonds is 5. The van der Waals surface area contributed by atoms with E-state index in [0.29, 0.717) is 18.5 Å². The molecular weight excluding hydrogens is 270 g/mol. The summed E-state index contributed by atoms with van der Waals surface area (Å²) in [5.41, 5.74) is 1.17. The molecule has 2 aromatic heterocycles. The van der Waals surface area contributed by atoms with Crippen molar-refractivity contribution < 1.29 is 9.15 Å². The second-order valence-corrected chi connectivity index (χ2v) is 4.96. The fourth-order valence-electron chi connectivity index (χ4n) is 2.47. The van der Waals surface area contributed by atoms with Crippen LogP contribution in [0.3, 0.4) is 0 Å². The van der Waals surface area contributed by atoms with Crippen molar-refractivity contribution in [3.05, 3.63) is 36.0 Å². The lowest BCUT2D eigenvalue weighted by molar-refractivity contribution is 0.0185. The van der Waals surface area contributed by atoms with Gasteiger partial charge in [0, 0.05) is 39.0 Å². The number of aryl methyl sites for hydroxylation is 1. The smallest absolute Gasteiger partial charge is 0.315 e. The molecule has 0 saturated carbocycles. The summed E-state index contributed by atoms with van der Waals surface area (Å²) >= 11 is 0. The van der Waals surface area contributed by atoms with E-state index in [2.05, 4.69) is 31.5 Å². The normalized spacial score (nSPS) is 17.6. The number of hydrogen-bond donors (Lipinski definition) is 1. The summed E-state index contributed by atoms with van der Waals surface area (Å²) < 4.78 is 10.8. The molecule has 1 aliphatic heterocycles. The van der Waals surface area contributed by atoms with Gasteiger partial charge in [-0.1, -0.05) is 11.2 Å². The average Bonchev–Trinajstić information content (AvgIpc) is 2.95. The van der Waals surface area contributed by atoms with Gasteiger partial charge in [0.25, 0.3) is 0 Å². The molecule has 2 aromatic rings. The van der Waals surface area contributed by atoms with Crippen LogP contribution in [0.5, 0.6) is 0 Å². The van der Waals surface area contributed by atoms with Gasteiger partial charge in [0.2, 0.25) is 5.89 Å². The van der Waals surface area contributed by atoms with Crippen molar-refractivity contribution in [3.8, 4) is 0 Å². The molecule has 1 N–H and O–H groups in total. The molecule has 7 nitrogen and oxygen atoms in total. The van der Waals surface area contributed by atoms with E-state index in [-0.39, 0.29) is 6.04 Å². The minimum absolute atomic E-state index is 0.204. The Labute approximate surface area is 123 Å². The first-order chi connectivity index (χ1) is 10.3. The predicted molar refractivity (Wildman–Crippen MR) is 76.9 cm³/mol. The molecule has 0 spiro atoms. The fourth-order valence-corrected chi connectivity index (χ4v) is 2.47. The number of nitrogens with zero attached hydrogens (tertiary/aromatic N) is 4. The molecule has 1 atom stereocenters. The van der Waals surface area contributed by atoms with Crippen LogP contribution >= 0.6 is 0 Å². The average molecular weight is 289 g/mol. The van der Waals surface area contributed by atoms with Crippen LogP contribution in [-0.2, 0) is 4.74 Å². The zero-order valence-corrected chi connectivity index (χ0v) is 12.0. The van der Waals surface area contributed by atoms with Gasteiger partial charge in [0.1, 0.15) is 0 Å². The van der Waals surface area contributed by atoms with Gasteiger partial charge in [0.05, 0.1) is 19.3 Å². The van der Waals surface area contributed by atoms with Gasteiger partial charge in [0.15, 0.2) is 0 Å². The maximum Gasteiger partial charge on any atom is 0.315 e. The second-order valence-electron chi connectivity index (χ2n) is 4.96. The molecule has 0 aromatic carbocycles. The Morgan fingerprint density at radius 3 is 2.86 bits per heavy atom. The first kappa shape index (κ1) is 14.0. The van der Waals surface area contributed by atoms with Gasteiger partial charge in [-0.25, -0.2) is 0 Å². The summed E-state index contributed by atoms with van der Waals surface area (Å²) in [6.45, 7) is 5.80. The molecule has 0 amide bonds. The number of ether oxygens (including phenoxy) is 1. The maximum atomic E-state index is 5.43. The van der Waals surface area contributed by atoms with Gasteiger partial charge in [-0.15, -0.1) is 5.10 Å². The zero-order chi connectivity index (χ0) is 14.5. The second kappa shape index (κ2) is 6.64. The van der Waals surface area contributed by atoms with Gasteiger partial charge in [-0.3, -0.25) is 9.88 Å². The van der Waals surface area contributed by atoms with Gasteiger partial charge >= 0.3 is 6.01 Å². The standard InChI is InChI=1S/C14H19N5O2/c1-11-17-18-14(21-11)16-10-13(12-3-2-4-15-9-12)19-5-7-20-8-6-19/h2-4,9,13H,5-8,10H2,1H3,(H,16,18). The molecule has 3 heterocycles. The Morgan fingerprint density at radius 1 is 1.33 bits per heavy atom. The van der Waals surface area contributed by atoms with E-state index >= 15 is 0 Å². The number of hydrogen-bond acceptors (Lipinski definition) is 7. The van der Waals surface area contributed by atoms with Crippen molar-refractivity contribution in [1.82, 2.24) is 20.1 Å². The highest BCUT2D eigenvalue weighted by molar-refractivity contribution is 5.22. The number of morpholine rings is 1. The minimum Gasteiger partial charge on any atom is -0.408 e. The van der Waals surface area contributed by atoms with Crippen LogP contribution in [0, 0.1) is 6.92 Å². The van der Waals surface area contributed by atoms with Crippen LogP contribution in [0.15, 0.2) is 28.9 Å². The first-order valence-corrected chi connectivity index (χ1v) is 7.08. The third kappa shape index (κ3) is 3.56. The molecule has 1 unspecified atom stereocenters. The monoisotopic (exact) mass is 289 g/mol. The van der Waals surface area contributed by atoms with Crippen molar-refractivity contribution in [2.75, 3.05) is 38.2 Å². The summed E-state index contributed by atoms with van der Waals surface area (Å²) in [5.74, 6) is 0.557. The Kier molecular flexibility index (Phi) is 4.42. The van der Waals surface area contributed by atoms with Crippen molar-refractivity contribution in [2.24, 2.45) is 0 Å². The van der Waals surface area contributed by atoms with Crippen molar-refractivity contribution in [3.63, 3.8) is 0 Å². The molecule has 3 rings (SSSR count). The Bertz CT molecular complexity index is 554. The first-order valence-electron chi connectivity index (χ1n) is 7.08. The summed E-state index contributed by atoms with van der Waals surface area (Å²) in [7, 11) is 0. The molecule has 1 saturated heterocycles. The number of pyridine rings is 1. The lowest BCUT2D eigenvalue weighted by Crippen LogP contribution is -2.41. The van der Waals surface area contributed by atoms with Gasteiger partial charge in [-0.05, 0) is 11.6 Å². The lowest BCUT2D eigenvalue weighted by atomic mass is 10.1. The van der Waals surface area contributed by atoms with Gasteiger partial charge in [-0.2, -0.15) is 0 Å². The number of anilines is 1. The Morgan fingerprint density at radius 2 is 2.19 bits per heavy atom. The topological polar surface area (TPSA) is 76.3 Å². The Balaban J connectivity index is 1.72. The van der Waals surface area contributed by atoms with E-state index in [1.807, 2.05) is 12.3 Å². The molecule has 112 valence electrons. The highest BCUT2D eigenvalue weighted by Crippen LogP contribution is 2.21. The summed E-state index contributed by atoms with van der Waals surface area (Å²) in [4.78, 5) is 6.61. The van der Waals surface area contributed by atoms with Crippen LogP contribution in [0.25, 0.3) is 0 Å². The molecule has 1 aliphatic rings. The minimum atomic E-state index is 0.204. The molecule has 7 heteroatoms. The quantitative estimate of drug-likeness (QED) is 0.888. The third-order valence-corrected chi connectivity index (χ3v) is 3.53. The molecule has 0 radical (unpaired) electrons. The van der Waals surface area contributed by atoms with Crippen LogP contribution < -0.4 is 5.32 Å². The summed E-state index contributed by atoms with van der Waals surface area (Å²) in [6, 6.07) is 4.71. The molecule has 21 heavy (non-hydrogen) atoms. The summed E-state index contributed by atoms with van der Waals surface area (Å²) in [5, 5.41) is 11.0. The number of aromatic nitrogens is 3. The zero-order valence-electron chi connectivity index (χ0n) is 12.0. The van der Waals surface area contributed by atoms with Crippen LogP contribution in [0.1, 0.15) is 17.5 Å². The van der Waals surface area contributed by atoms with Crippen molar-refractivity contribution in [1.29, 1.82) is 0 Å². The predicted octanol–water partition coefficient (Wildman–Crippen LogP) is 1.26. The highest BCUT2D eigenvalue weighted by Gasteiger charge is 2.23. The van der Waals surface area contributed by atoms with E-state index in [4.69, 9.17) is 9.15 Å². The van der Waals surface area contributed by atoms with Crippen LogP contribution in [0.4, 0.5) is 6.01 Å². The molecule has 0 bridgehead atoms. The van der Waals surface area contributed by atoms with E-state index in [1.54, 1.807) is 13.1 Å². The van der Waals surface area contributed by atoms with Crippen LogP contribution in [-0.4, -0.2) is 52.9 Å². The summed E-state index contributed by atoms with van der Waals surface area (Å²) in [6.07, 6.45) is 3.69. The van der Waals surface area contributed by atoms with E-state index < -0.39 is 0 Å². The van der Waals surface area contributed by atoms with E-state index in [1.165, 1.54) is 5.56 Å². The maximum absolute atomic E-state index is 5.43.